The van der Waals surface area contributed by atoms with Gasteiger partial charge in [0.1, 0.15) is 10.0 Å². The Balaban J connectivity index is 2.03. The Labute approximate surface area is 138 Å². The highest BCUT2D eigenvalue weighted by molar-refractivity contribution is 7.91. The van der Waals surface area contributed by atoms with Crippen LogP contribution in [0.1, 0.15) is 17.3 Å². The molecule has 0 bridgehead atoms. The smallest absolute Gasteiger partial charge is 0.252 e. The van der Waals surface area contributed by atoms with Crippen LogP contribution in [0.15, 0.2) is 39.9 Å². The van der Waals surface area contributed by atoms with Crippen molar-refractivity contribution in [3.63, 3.8) is 0 Å². The van der Waals surface area contributed by atoms with Crippen LogP contribution in [-0.4, -0.2) is 38.6 Å². The first-order chi connectivity index (χ1) is 10.8. The Morgan fingerprint density at radius 1 is 1.30 bits per heavy atom. The predicted molar refractivity (Wildman–Crippen MR) is 89.0 cm³/mol. The first kappa shape index (κ1) is 17.6. The number of carbonyl (C=O) groups excluding carboxylic acids is 1. The molecule has 0 atom stereocenters. The fourth-order valence-corrected chi connectivity index (χ4v) is 4.43. The van der Waals surface area contributed by atoms with Crippen LogP contribution in [0.5, 0.6) is 0 Å². The molecule has 0 saturated carbocycles. The second-order valence-corrected chi connectivity index (χ2v) is 8.12. The van der Waals surface area contributed by atoms with Gasteiger partial charge in [0.25, 0.3) is 10.0 Å². The highest BCUT2D eigenvalue weighted by Crippen LogP contribution is 2.21. The highest BCUT2D eigenvalue weighted by Gasteiger charge is 2.21. The van der Waals surface area contributed by atoms with Gasteiger partial charge in [-0.25, -0.2) is 12.8 Å². The summed E-state index contributed by atoms with van der Waals surface area (Å²) in [6, 6.07) is 7.53. The molecule has 0 radical (unpaired) electrons. The summed E-state index contributed by atoms with van der Waals surface area (Å²) in [7, 11) is -2.03. The van der Waals surface area contributed by atoms with Crippen molar-refractivity contribution in [1.82, 2.24) is 4.31 Å². The molecule has 8 heteroatoms. The topological polar surface area (TPSA) is 66.5 Å². The summed E-state index contributed by atoms with van der Waals surface area (Å²) < 4.78 is 39.7. The lowest BCUT2D eigenvalue weighted by Gasteiger charge is -2.17. The lowest BCUT2D eigenvalue weighted by atomic mass is 10.1. The first-order valence-electron chi connectivity index (χ1n) is 6.87. The van der Waals surface area contributed by atoms with E-state index in [2.05, 4.69) is 5.32 Å². The molecule has 2 rings (SSSR count). The minimum Gasteiger partial charge on any atom is -0.383 e. The minimum atomic E-state index is -3.51. The van der Waals surface area contributed by atoms with E-state index in [0.29, 0.717) is 5.69 Å². The summed E-state index contributed by atoms with van der Waals surface area (Å²) in [5, 5.41) is 4.62. The molecule has 0 spiro atoms. The Morgan fingerprint density at radius 3 is 2.65 bits per heavy atom. The summed E-state index contributed by atoms with van der Waals surface area (Å²) in [6.45, 7) is 1.73. The second kappa shape index (κ2) is 7.20. The van der Waals surface area contributed by atoms with Crippen LogP contribution in [0, 0.1) is 5.82 Å². The second-order valence-electron chi connectivity index (χ2n) is 4.90. The summed E-state index contributed by atoms with van der Waals surface area (Å²) in [5.74, 6) is -0.979. The van der Waals surface area contributed by atoms with E-state index < -0.39 is 15.8 Å². The molecule has 1 aromatic heterocycles. The number of nitrogens with zero attached hydrogens (tertiary/aromatic N) is 1. The summed E-state index contributed by atoms with van der Waals surface area (Å²) in [6.07, 6.45) is 0. The minimum absolute atomic E-state index is 0.0173. The van der Waals surface area contributed by atoms with E-state index >= 15 is 0 Å². The van der Waals surface area contributed by atoms with Crippen molar-refractivity contribution in [3.8, 4) is 0 Å². The van der Waals surface area contributed by atoms with Crippen molar-refractivity contribution in [1.29, 1.82) is 0 Å². The lowest BCUT2D eigenvalue weighted by Crippen LogP contribution is -2.31. The molecule has 0 saturated heterocycles. The molecule has 1 N–H and O–H groups in total. The Kier molecular flexibility index (Phi) is 5.51. The van der Waals surface area contributed by atoms with Gasteiger partial charge in [-0.2, -0.15) is 4.31 Å². The molecule has 0 aliphatic heterocycles. The lowest BCUT2D eigenvalue weighted by molar-refractivity contribution is 0.101. The Bertz CT molecular complexity index is 789. The fraction of sp³-hybridized carbons (Fsp3) is 0.267. The standard InChI is InChI=1S/C15H17FN2O3S2/c1-11(19)15-12(16)5-3-6-13(15)17-8-9-18(2)23(20,21)14-7-4-10-22-14/h3-7,10,17H,8-9H2,1-2H3. The molecule has 2 aromatic rings. The van der Waals surface area contributed by atoms with Gasteiger partial charge in [0.2, 0.25) is 0 Å². The van der Waals surface area contributed by atoms with Gasteiger partial charge in [-0.1, -0.05) is 12.1 Å². The predicted octanol–water partition coefficient (Wildman–Crippen LogP) is 2.82. The number of hydrogen-bond acceptors (Lipinski definition) is 5. The van der Waals surface area contributed by atoms with Gasteiger partial charge >= 0.3 is 0 Å². The molecular weight excluding hydrogens is 339 g/mol. The van der Waals surface area contributed by atoms with Crippen molar-refractivity contribution < 1.29 is 17.6 Å². The summed E-state index contributed by atoms with van der Waals surface area (Å²) in [5.41, 5.74) is 0.343. The molecule has 5 nitrogen and oxygen atoms in total. The van der Waals surface area contributed by atoms with Crippen LogP contribution < -0.4 is 5.32 Å². The van der Waals surface area contributed by atoms with Gasteiger partial charge in [-0.05, 0) is 30.5 Å². The largest absolute Gasteiger partial charge is 0.383 e. The number of nitrogens with one attached hydrogen (secondary N) is 1. The maximum absolute atomic E-state index is 13.7. The molecule has 124 valence electrons. The van der Waals surface area contributed by atoms with Gasteiger partial charge in [0.05, 0.1) is 5.56 Å². The van der Waals surface area contributed by atoms with Crippen LogP contribution in [-0.2, 0) is 10.0 Å². The highest BCUT2D eigenvalue weighted by atomic mass is 32.2. The number of halogens is 1. The third-order valence-corrected chi connectivity index (χ3v) is 6.50. The number of Topliss-reactive ketones (excluding diaryl/α,β-unsaturated/α-hetero) is 1. The monoisotopic (exact) mass is 356 g/mol. The average molecular weight is 356 g/mol. The molecule has 0 aliphatic carbocycles. The number of thiophene rings is 1. The van der Waals surface area contributed by atoms with Gasteiger partial charge in [-0.3, -0.25) is 4.79 Å². The number of carbonyl (C=O) groups is 1. The van der Waals surface area contributed by atoms with Crippen LogP contribution in [0.2, 0.25) is 0 Å². The van der Waals surface area contributed by atoms with E-state index in [1.807, 2.05) is 0 Å². The Hall–Kier alpha value is -1.77. The van der Waals surface area contributed by atoms with Crippen LogP contribution >= 0.6 is 11.3 Å². The SMILES string of the molecule is CC(=O)c1c(F)cccc1NCCN(C)S(=O)(=O)c1cccs1. The van der Waals surface area contributed by atoms with Crippen molar-refractivity contribution in [2.75, 3.05) is 25.5 Å². The molecule has 23 heavy (non-hydrogen) atoms. The summed E-state index contributed by atoms with van der Waals surface area (Å²) >= 11 is 1.15. The maximum Gasteiger partial charge on any atom is 0.252 e. The number of hydrogen-bond donors (Lipinski definition) is 1. The average Bonchev–Trinajstić information content (AvgIpc) is 3.01. The molecule has 1 aromatic carbocycles. The van der Waals surface area contributed by atoms with E-state index in [4.69, 9.17) is 0 Å². The van der Waals surface area contributed by atoms with E-state index in [0.717, 1.165) is 11.3 Å². The normalized spacial score (nSPS) is 11.7. The summed E-state index contributed by atoms with van der Waals surface area (Å²) in [4.78, 5) is 11.5. The molecule has 0 unspecified atom stereocenters. The first-order valence-corrected chi connectivity index (χ1v) is 9.19. The van der Waals surface area contributed by atoms with Crippen LogP contribution in [0.4, 0.5) is 10.1 Å². The maximum atomic E-state index is 13.7. The zero-order valence-corrected chi connectivity index (χ0v) is 14.4. The van der Waals surface area contributed by atoms with Crippen LogP contribution in [0.25, 0.3) is 0 Å². The molecule has 0 fully saturated rings. The number of anilines is 1. The van der Waals surface area contributed by atoms with E-state index in [-0.39, 0.29) is 28.6 Å². The molecule has 0 aliphatic rings. The molecular formula is C15H17FN2O3S2. The zero-order chi connectivity index (χ0) is 17.0. The number of likely N-dealkylation sites (N-methyl/N-ethyl adjacent to an activating group) is 1. The van der Waals surface area contributed by atoms with Crippen molar-refractivity contribution in [2.24, 2.45) is 0 Å². The third kappa shape index (κ3) is 3.95. The van der Waals surface area contributed by atoms with Gasteiger partial charge in [0.15, 0.2) is 5.78 Å². The number of ketones is 1. The van der Waals surface area contributed by atoms with E-state index in [1.165, 1.54) is 30.4 Å². The van der Waals surface area contributed by atoms with Crippen molar-refractivity contribution in [2.45, 2.75) is 11.1 Å². The molecule has 0 amide bonds. The number of benzene rings is 1. The zero-order valence-electron chi connectivity index (χ0n) is 12.7. The third-order valence-electron chi connectivity index (χ3n) is 3.27. The number of rotatable bonds is 7. The quantitative estimate of drug-likeness (QED) is 0.775. The number of sulfonamides is 1. The van der Waals surface area contributed by atoms with Gasteiger partial charge in [-0.15, -0.1) is 11.3 Å². The van der Waals surface area contributed by atoms with Crippen molar-refractivity contribution >= 4 is 32.8 Å². The molecule has 1 heterocycles. The van der Waals surface area contributed by atoms with Crippen LogP contribution in [0.3, 0.4) is 0 Å². The Morgan fingerprint density at radius 2 is 2.04 bits per heavy atom. The fourth-order valence-electron chi connectivity index (χ4n) is 2.06. The van der Waals surface area contributed by atoms with Crippen molar-refractivity contribution in [3.05, 3.63) is 47.1 Å². The van der Waals surface area contributed by atoms with E-state index in [9.17, 15) is 17.6 Å². The van der Waals surface area contributed by atoms with E-state index in [1.54, 1.807) is 23.6 Å². The van der Waals surface area contributed by atoms with Gasteiger partial charge in [0, 0.05) is 25.8 Å². The van der Waals surface area contributed by atoms with Gasteiger partial charge < -0.3 is 5.32 Å².